The normalized spacial score (nSPS) is 12.9. The van der Waals surface area contributed by atoms with Gasteiger partial charge < -0.3 is 4.74 Å². The van der Waals surface area contributed by atoms with Crippen LogP contribution in [0.3, 0.4) is 0 Å². The molecule has 36 heavy (non-hydrogen) atoms. The first-order valence-electron chi connectivity index (χ1n) is 10.7. The van der Waals surface area contributed by atoms with Crippen LogP contribution in [0.25, 0.3) is 11.6 Å². The van der Waals surface area contributed by atoms with Gasteiger partial charge in [-0.1, -0.05) is 78.4 Å². The molecular weight excluding hydrogens is 491 g/mol. The number of carbonyl (C=O) groups is 1. The van der Waals surface area contributed by atoms with Crippen molar-refractivity contribution in [1.82, 2.24) is 0 Å². The lowest BCUT2D eigenvalue weighted by molar-refractivity contribution is -0.142. The first-order valence-corrected chi connectivity index (χ1v) is 12.1. The largest absolute Gasteiger partial charge is 0.468 e. The standard InChI is InChI=1S/C27H22F3NO4S/c1-19-13-16-22(17-14-19)36(33,34)31-25(27(28,29)30)24(26(32)35-2)23(21-11-7-4-8-12-21)18-15-20-9-5-3-6-10-20/h3-17,24H,1-2H3/b31-25+. The quantitative estimate of drug-likeness (QED) is 0.225. The fourth-order valence-corrected chi connectivity index (χ4v) is 4.36. The maximum Gasteiger partial charge on any atom is 0.431 e. The van der Waals surface area contributed by atoms with E-state index in [4.69, 9.17) is 0 Å². The van der Waals surface area contributed by atoms with Gasteiger partial charge in [0.15, 0.2) is 5.71 Å². The second-order valence-corrected chi connectivity index (χ2v) is 9.30. The molecule has 1 unspecified atom stereocenters. The monoisotopic (exact) mass is 513 g/mol. The van der Waals surface area contributed by atoms with Crippen LogP contribution in [0.15, 0.2) is 100.0 Å². The third kappa shape index (κ3) is 6.59. The molecule has 0 aliphatic heterocycles. The lowest BCUT2D eigenvalue weighted by atomic mass is 9.88. The van der Waals surface area contributed by atoms with Crippen LogP contribution in [-0.2, 0) is 19.6 Å². The molecular formula is C27H22F3NO4S. The van der Waals surface area contributed by atoms with Gasteiger partial charge in [0.05, 0.1) is 12.0 Å². The average molecular weight is 514 g/mol. The molecule has 0 saturated carbocycles. The van der Waals surface area contributed by atoms with Gasteiger partial charge in [0.25, 0.3) is 10.0 Å². The van der Waals surface area contributed by atoms with E-state index in [1.165, 1.54) is 30.3 Å². The van der Waals surface area contributed by atoms with Crippen molar-refractivity contribution in [1.29, 1.82) is 0 Å². The Morgan fingerprint density at radius 3 is 2.03 bits per heavy atom. The third-order valence-electron chi connectivity index (χ3n) is 5.11. The highest BCUT2D eigenvalue weighted by atomic mass is 32.2. The summed E-state index contributed by atoms with van der Waals surface area (Å²) in [5.41, 5.74) is 2.22. The molecule has 1 atom stereocenters. The highest BCUT2D eigenvalue weighted by molar-refractivity contribution is 7.90. The highest BCUT2D eigenvalue weighted by Gasteiger charge is 2.47. The predicted octanol–water partition coefficient (Wildman–Crippen LogP) is 5.87. The summed E-state index contributed by atoms with van der Waals surface area (Å²) in [6, 6.07) is 21.5. The van der Waals surface area contributed by atoms with Gasteiger partial charge in [-0.05, 0) is 36.3 Å². The summed E-state index contributed by atoms with van der Waals surface area (Å²) in [7, 11) is -3.90. The van der Waals surface area contributed by atoms with Crippen LogP contribution in [0.4, 0.5) is 13.2 Å². The number of hydrogen-bond acceptors (Lipinski definition) is 4. The van der Waals surface area contributed by atoms with Gasteiger partial charge in [0.2, 0.25) is 0 Å². The van der Waals surface area contributed by atoms with E-state index < -0.39 is 38.7 Å². The average Bonchev–Trinajstić information content (AvgIpc) is 2.86. The maximum absolute atomic E-state index is 14.4. The molecule has 0 aliphatic carbocycles. The smallest absolute Gasteiger partial charge is 0.431 e. The summed E-state index contributed by atoms with van der Waals surface area (Å²) in [6.45, 7) is 1.70. The molecule has 0 saturated heterocycles. The van der Waals surface area contributed by atoms with Crippen molar-refractivity contribution in [3.05, 3.63) is 107 Å². The van der Waals surface area contributed by atoms with Crippen molar-refractivity contribution in [3.63, 3.8) is 0 Å². The SMILES string of the molecule is COC(=O)C(C(=C=Cc1ccccc1)c1ccccc1)/C(=N\S(=O)(=O)c1ccc(C)cc1)C(F)(F)F. The summed E-state index contributed by atoms with van der Waals surface area (Å²) < 4.78 is 76.7. The first kappa shape index (κ1) is 26.7. The molecule has 3 aromatic carbocycles. The number of hydrogen-bond donors (Lipinski definition) is 0. The highest BCUT2D eigenvalue weighted by Crippen LogP contribution is 2.34. The van der Waals surface area contributed by atoms with Gasteiger partial charge >= 0.3 is 12.1 Å². The molecule has 0 spiro atoms. The van der Waals surface area contributed by atoms with E-state index in [0.717, 1.165) is 19.2 Å². The van der Waals surface area contributed by atoms with Crippen molar-refractivity contribution in [2.45, 2.75) is 18.0 Å². The fourth-order valence-electron chi connectivity index (χ4n) is 3.31. The third-order valence-corrected chi connectivity index (χ3v) is 6.41. The Labute approximate surface area is 207 Å². The van der Waals surface area contributed by atoms with E-state index in [1.807, 2.05) is 0 Å². The number of methoxy groups -OCH3 is 1. The van der Waals surface area contributed by atoms with Crippen molar-refractivity contribution in [3.8, 4) is 0 Å². The molecule has 3 aromatic rings. The number of halogens is 3. The molecule has 0 radical (unpaired) electrons. The van der Waals surface area contributed by atoms with Crippen LogP contribution >= 0.6 is 0 Å². The van der Waals surface area contributed by atoms with Gasteiger partial charge in [-0.15, -0.1) is 5.73 Å². The summed E-state index contributed by atoms with van der Waals surface area (Å²) in [4.78, 5) is 12.4. The zero-order valence-electron chi connectivity index (χ0n) is 19.4. The molecule has 0 bridgehead atoms. The van der Waals surface area contributed by atoms with Gasteiger partial charge in [0.1, 0.15) is 5.92 Å². The van der Waals surface area contributed by atoms with E-state index in [2.05, 4.69) is 14.9 Å². The second-order valence-electron chi connectivity index (χ2n) is 7.70. The molecule has 0 N–H and O–H groups in total. The number of rotatable bonds is 7. The van der Waals surface area contributed by atoms with Crippen molar-refractivity contribution in [2.24, 2.45) is 10.3 Å². The molecule has 0 aliphatic rings. The molecule has 0 amide bonds. The van der Waals surface area contributed by atoms with Crippen LogP contribution in [-0.4, -0.2) is 33.4 Å². The minimum atomic E-state index is -5.29. The number of benzene rings is 3. The number of nitrogens with zero attached hydrogens (tertiary/aromatic N) is 1. The Hall–Kier alpha value is -3.94. The van der Waals surface area contributed by atoms with Crippen LogP contribution in [0, 0.1) is 12.8 Å². The molecule has 186 valence electrons. The van der Waals surface area contributed by atoms with Crippen LogP contribution < -0.4 is 0 Å². The van der Waals surface area contributed by atoms with Gasteiger partial charge in [-0.2, -0.15) is 26.0 Å². The van der Waals surface area contributed by atoms with E-state index in [9.17, 15) is 26.4 Å². The Balaban J connectivity index is 2.31. The van der Waals surface area contributed by atoms with Crippen LogP contribution in [0.1, 0.15) is 16.7 Å². The zero-order chi connectivity index (χ0) is 26.3. The minimum Gasteiger partial charge on any atom is -0.468 e. The van der Waals surface area contributed by atoms with E-state index in [0.29, 0.717) is 11.1 Å². The van der Waals surface area contributed by atoms with Crippen LogP contribution in [0.2, 0.25) is 0 Å². The molecule has 0 aromatic heterocycles. The fraction of sp³-hybridized carbons (Fsp3) is 0.148. The lowest BCUT2D eigenvalue weighted by Crippen LogP contribution is -2.37. The van der Waals surface area contributed by atoms with Crippen LogP contribution in [0.5, 0.6) is 0 Å². The Kier molecular flexibility index (Phi) is 8.29. The number of aryl methyl sites for hydroxylation is 1. The van der Waals surface area contributed by atoms with Crippen molar-refractivity contribution >= 4 is 33.4 Å². The molecule has 5 nitrogen and oxygen atoms in total. The zero-order valence-corrected chi connectivity index (χ0v) is 20.2. The van der Waals surface area contributed by atoms with Gasteiger partial charge in [-0.25, -0.2) is 0 Å². The maximum atomic E-state index is 14.4. The van der Waals surface area contributed by atoms with Gasteiger partial charge in [0, 0.05) is 5.57 Å². The summed E-state index contributed by atoms with van der Waals surface area (Å²) in [6.07, 6.45) is -3.88. The Morgan fingerprint density at radius 2 is 1.50 bits per heavy atom. The topological polar surface area (TPSA) is 72.8 Å². The minimum absolute atomic E-state index is 0.213. The number of ether oxygens (including phenoxy) is 1. The number of alkyl halides is 3. The van der Waals surface area contributed by atoms with E-state index in [1.54, 1.807) is 55.5 Å². The summed E-state index contributed by atoms with van der Waals surface area (Å²) in [5.74, 6) is -3.56. The van der Waals surface area contributed by atoms with E-state index in [-0.39, 0.29) is 11.1 Å². The van der Waals surface area contributed by atoms with Crippen molar-refractivity contribution < 1.29 is 31.1 Å². The van der Waals surface area contributed by atoms with Crippen molar-refractivity contribution in [2.75, 3.05) is 7.11 Å². The molecule has 9 heteroatoms. The lowest BCUT2D eigenvalue weighted by Gasteiger charge is -2.21. The molecule has 0 fully saturated rings. The number of esters is 1. The number of carbonyl (C=O) groups excluding carboxylic acids is 1. The predicted molar refractivity (Wildman–Crippen MR) is 132 cm³/mol. The molecule has 0 heterocycles. The second kappa shape index (κ2) is 11.2. The number of sulfonamides is 1. The van der Waals surface area contributed by atoms with Gasteiger partial charge in [-0.3, -0.25) is 4.79 Å². The Morgan fingerprint density at radius 1 is 0.944 bits per heavy atom. The van der Waals surface area contributed by atoms with E-state index >= 15 is 0 Å². The molecule has 3 rings (SSSR count). The first-order chi connectivity index (χ1) is 17.0. The summed E-state index contributed by atoms with van der Waals surface area (Å²) in [5, 5.41) is 0. The summed E-state index contributed by atoms with van der Waals surface area (Å²) >= 11 is 0. The Bertz CT molecular complexity index is 1410.